The first-order valence-electron chi connectivity index (χ1n) is 9.21. The fraction of sp³-hybridized carbons (Fsp3) is 0.200. The molecule has 1 amide bonds. The number of nitrogens with zero attached hydrogens (tertiary/aromatic N) is 2. The van der Waals surface area contributed by atoms with Gasteiger partial charge in [0.05, 0.1) is 17.9 Å². The van der Waals surface area contributed by atoms with Gasteiger partial charge < -0.3 is 4.74 Å². The number of carbonyl (C=O) groups excluding carboxylic acids is 2. The Morgan fingerprint density at radius 3 is 2.35 bits per heavy atom. The molecule has 11 heteroatoms. The number of rotatable bonds is 7. The molecule has 0 aliphatic carbocycles. The molecule has 9 nitrogen and oxygen atoms in total. The van der Waals surface area contributed by atoms with Gasteiger partial charge >= 0.3 is 5.97 Å². The maximum absolute atomic E-state index is 12.7. The summed E-state index contributed by atoms with van der Waals surface area (Å²) < 4.78 is 32.4. The third-order valence-corrected chi connectivity index (χ3v) is 6.72. The van der Waals surface area contributed by atoms with E-state index in [1.165, 1.54) is 18.2 Å². The molecule has 0 bridgehead atoms. The molecule has 0 saturated heterocycles. The van der Waals surface area contributed by atoms with E-state index in [0.29, 0.717) is 16.7 Å². The molecule has 0 unspecified atom stereocenters. The zero-order valence-corrected chi connectivity index (χ0v) is 18.6. The van der Waals surface area contributed by atoms with Crippen LogP contribution in [0.15, 0.2) is 46.8 Å². The van der Waals surface area contributed by atoms with Gasteiger partial charge in [-0.05, 0) is 56.7 Å². The molecular formula is C20H20N4O5S2. The molecule has 0 fully saturated rings. The van der Waals surface area contributed by atoms with Crippen molar-refractivity contribution in [2.75, 3.05) is 16.6 Å². The summed E-state index contributed by atoms with van der Waals surface area (Å²) in [6, 6.07) is 11.4. The number of nitrogens with one attached hydrogen (secondary N) is 2. The van der Waals surface area contributed by atoms with Gasteiger partial charge in [0, 0.05) is 5.56 Å². The van der Waals surface area contributed by atoms with Crippen LogP contribution in [0.3, 0.4) is 0 Å². The smallest absolute Gasteiger partial charge is 0.338 e. The van der Waals surface area contributed by atoms with Gasteiger partial charge in [0.15, 0.2) is 0 Å². The van der Waals surface area contributed by atoms with Gasteiger partial charge in [-0.1, -0.05) is 29.0 Å². The molecule has 0 spiro atoms. The van der Waals surface area contributed by atoms with E-state index in [2.05, 4.69) is 20.2 Å². The maximum Gasteiger partial charge on any atom is 0.338 e. The van der Waals surface area contributed by atoms with Crippen molar-refractivity contribution in [3.05, 3.63) is 64.7 Å². The Morgan fingerprint density at radius 1 is 1.03 bits per heavy atom. The average Bonchev–Trinajstić information content (AvgIpc) is 3.19. The summed E-state index contributed by atoms with van der Waals surface area (Å²) in [5.41, 5.74) is 2.57. The van der Waals surface area contributed by atoms with Gasteiger partial charge in [-0.3, -0.25) is 14.8 Å². The zero-order valence-electron chi connectivity index (χ0n) is 17.0. The van der Waals surface area contributed by atoms with Crippen molar-refractivity contribution < 1.29 is 22.7 Å². The third-order valence-electron chi connectivity index (χ3n) is 4.15. The summed E-state index contributed by atoms with van der Waals surface area (Å²) in [7, 11) is -4.04. The SMILES string of the molecule is CCOC(=O)c1ccc(NS(=O)(=O)c2nnc(NC(=O)c3ccc(C)cc3)s2)c(C)c1. The highest BCUT2D eigenvalue weighted by Gasteiger charge is 2.22. The number of hydrogen-bond donors (Lipinski definition) is 2. The Balaban J connectivity index is 1.73. The van der Waals surface area contributed by atoms with E-state index in [0.717, 1.165) is 16.9 Å². The molecule has 0 aliphatic rings. The van der Waals surface area contributed by atoms with Crippen molar-refractivity contribution in [2.45, 2.75) is 25.1 Å². The Hall–Kier alpha value is -3.31. The molecule has 162 valence electrons. The number of aryl methyl sites for hydroxylation is 2. The van der Waals surface area contributed by atoms with Crippen molar-refractivity contribution in [3.8, 4) is 0 Å². The second-order valence-electron chi connectivity index (χ2n) is 6.55. The largest absolute Gasteiger partial charge is 0.462 e. The molecule has 31 heavy (non-hydrogen) atoms. The Labute approximate surface area is 183 Å². The van der Waals surface area contributed by atoms with Crippen molar-refractivity contribution >= 4 is 44.1 Å². The van der Waals surface area contributed by atoms with E-state index in [1.807, 2.05) is 6.92 Å². The van der Waals surface area contributed by atoms with Gasteiger partial charge in [-0.25, -0.2) is 4.79 Å². The van der Waals surface area contributed by atoms with E-state index in [4.69, 9.17) is 4.74 Å². The van der Waals surface area contributed by atoms with E-state index in [-0.39, 0.29) is 21.8 Å². The predicted molar refractivity (Wildman–Crippen MR) is 117 cm³/mol. The summed E-state index contributed by atoms with van der Waals surface area (Å²) in [5.74, 6) is -0.906. The van der Waals surface area contributed by atoms with Crippen LogP contribution in [0.5, 0.6) is 0 Å². The van der Waals surface area contributed by atoms with Crippen LogP contribution in [0, 0.1) is 13.8 Å². The van der Waals surface area contributed by atoms with E-state index in [9.17, 15) is 18.0 Å². The lowest BCUT2D eigenvalue weighted by Crippen LogP contribution is -2.14. The van der Waals surface area contributed by atoms with Crippen molar-refractivity contribution in [3.63, 3.8) is 0 Å². The van der Waals surface area contributed by atoms with E-state index >= 15 is 0 Å². The highest BCUT2D eigenvalue weighted by atomic mass is 32.2. The van der Waals surface area contributed by atoms with Gasteiger partial charge in [0.2, 0.25) is 5.13 Å². The standard InChI is InChI=1S/C20H20N4O5S2/c1-4-29-18(26)15-9-10-16(13(3)11-15)24-31(27,28)20-23-22-19(30-20)21-17(25)14-7-5-12(2)6-8-14/h5-11,24H,4H2,1-3H3,(H,21,22,25). The zero-order chi connectivity index (χ0) is 22.6. The molecule has 2 N–H and O–H groups in total. The Kier molecular flexibility index (Phi) is 6.66. The lowest BCUT2D eigenvalue weighted by molar-refractivity contribution is 0.0526. The van der Waals surface area contributed by atoms with Gasteiger partial charge in [0.1, 0.15) is 0 Å². The van der Waals surface area contributed by atoms with Crippen LogP contribution in [0.25, 0.3) is 0 Å². The molecule has 3 rings (SSSR count). The van der Waals surface area contributed by atoms with Crippen LogP contribution in [-0.4, -0.2) is 37.1 Å². The molecule has 0 radical (unpaired) electrons. The number of aromatic nitrogens is 2. The first-order chi connectivity index (χ1) is 14.7. The number of ether oxygens (including phenoxy) is 1. The molecule has 1 aromatic heterocycles. The summed E-state index contributed by atoms with van der Waals surface area (Å²) >= 11 is 0.727. The first kappa shape index (κ1) is 22.4. The Bertz CT molecular complexity index is 1220. The summed E-state index contributed by atoms with van der Waals surface area (Å²) in [6.45, 7) is 5.51. The highest BCUT2D eigenvalue weighted by Crippen LogP contribution is 2.25. The highest BCUT2D eigenvalue weighted by molar-refractivity contribution is 7.94. The number of sulfonamides is 1. The minimum absolute atomic E-state index is 0.0559. The number of anilines is 2. The average molecular weight is 461 g/mol. The van der Waals surface area contributed by atoms with Crippen LogP contribution < -0.4 is 10.0 Å². The minimum Gasteiger partial charge on any atom is -0.462 e. The summed E-state index contributed by atoms with van der Waals surface area (Å²) in [6.07, 6.45) is 0. The monoisotopic (exact) mass is 460 g/mol. The quantitative estimate of drug-likeness (QED) is 0.409. The molecule has 1 heterocycles. The third kappa shape index (κ3) is 5.44. The Morgan fingerprint density at radius 2 is 1.71 bits per heavy atom. The van der Waals surface area contributed by atoms with Crippen LogP contribution in [0.2, 0.25) is 0 Å². The number of esters is 1. The molecule has 0 aliphatic heterocycles. The molecule has 0 saturated carbocycles. The predicted octanol–water partition coefficient (Wildman–Crippen LogP) is 3.38. The lowest BCUT2D eigenvalue weighted by Gasteiger charge is -2.10. The normalized spacial score (nSPS) is 11.1. The van der Waals surface area contributed by atoms with Crippen molar-refractivity contribution in [1.82, 2.24) is 10.2 Å². The summed E-state index contributed by atoms with van der Waals surface area (Å²) in [5, 5.41) is 10.0. The van der Waals surface area contributed by atoms with Crippen LogP contribution >= 0.6 is 11.3 Å². The number of benzene rings is 2. The van der Waals surface area contributed by atoms with Crippen molar-refractivity contribution in [1.29, 1.82) is 0 Å². The van der Waals surface area contributed by atoms with Crippen LogP contribution in [-0.2, 0) is 14.8 Å². The number of carbonyl (C=O) groups is 2. The molecule has 2 aromatic carbocycles. The van der Waals surface area contributed by atoms with Gasteiger partial charge in [-0.2, -0.15) is 8.42 Å². The summed E-state index contributed by atoms with van der Waals surface area (Å²) in [4.78, 5) is 24.1. The van der Waals surface area contributed by atoms with Gasteiger partial charge in [-0.15, -0.1) is 10.2 Å². The van der Waals surface area contributed by atoms with Crippen LogP contribution in [0.1, 0.15) is 38.8 Å². The second kappa shape index (κ2) is 9.23. The first-order valence-corrected chi connectivity index (χ1v) is 11.5. The topological polar surface area (TPSA) is 127 Å². The number of hydrogen-bond acceptors (Lipinski definition) is 8. The van der Waals surface area contributed by atoms with Crippen molar-refractivity contribution in [2.24, 2.45) is 0 Å². The lowest BCUT2D eigenvalue weighted by atomic mass is 10.1. The fourth-order valence-electron chi connectivity index (χ4n) is 2.55. The molecular weight excluding hydrogens is 440 g/mol. The maximum atomic E-state index is 12.7. The fourth-order valence-corrected chi connectivity index (χ4v) is 4.58. The second-order valence-corrected chi connectivity index (χ2v) is 9.38. The minimum atomic E-state index is -4.04. The number of amides is 1. The molecule has 0 atom stereocenters. The molecule has 3 aromatic rings. The van der Waals surface area contributed by atoms with E-state index < -0.39 is 21.9 Å². The van der Waals surface area contributed by atoms with E-state index in [1.54, 1.807) is 38.1 Å². The van der Waals surface area contributed by atoms with Crippen LogP contribution in [0.4, 0.5) is 10.8 Å². The van der Waals surface area contributed by atoms with Gasteiger partial charge in [0.25, 0.3) is 20.3 Å².